The second-order valence-corrected chi connectivity index (χ2v) is 5.99. The Bertz CT molecular complexity index is 838. The molecular weight excluding hydrogens is 344 g/mol. The molecule has 0 aliphatic carbocycles. The van der Waals surface area contributed by atoms with Crippen LogP contribution in [0.4, 0.5) is 11.4 Å². The summed E-state index contributed by atoms with van der Waals surface area (Å²) in [5, 5.41) is 3.32. The van der Waals surface area contributed by atoms with Crippen molar-refractivity contribution in [2.45, 2.75) is 6.92 Å². The number of halogens is 1. The molecule has 2 aromatic rings. The van der Waals surface area contributed by atoms with Crippen molar-refractivity contribution >= 4 is 34.8 Å². The number of ether oxygens (including phenoxy) is 2. The van der Waals surface area contributed by atoms with Crippen molar-refractivity contribution in [2.24, 2.45) is 0 Å². The highest BCUT2D eigenvalue weighted by Crippen LogP contribution is 2.33. The molecule has 25 heavy (non-hydrogen) atoms. The summed E-state index contributed by atoms with van der Waals surface area (Å²) in [5.41, 5.74) is 1.89. The topological polar surface area (TPSA) is 67.9 Å². The van der Waals surface area contributed by atoms with Gasteiger partial charge in [-0.1, -0.05) is 23.7 Å². The summed E-state index contributed by atoms with van der Waals surface area (Å²) in [6, 6.07) is 10.5. The third-order valence-corrected chi connectivity index (χ3v) is 4.27. The minimum atomic E-state index is -0.343. The lowest BCUT2D eigenvalue weighted by Crippen LogP contribution is -2.43. The standard InChI is InChI=1S/C18H17ClN2O4/c1-11-7-13(16(24-2)8-12(11)19)20-17(22)9-21-14-5-3-4-6-15(14)25-10-18(21)23/h3-8H,9-10H2,1-2H3,(H,20,22). The van der Waals surface area contributed by atoms with E-state index in [1.807, 2.05) is 13.0 Å². The highest BCUT2D eigenvalue weighted by Gasteiger charge is 2.27. The number of methoxy groups -OCH3 is 1. The number of rotatable bonds is 4. The first kappa shape index (κ1) is 17.1. The number of fused-ring (bicyclic) bond motifs is 1. The number of amides is 2. The lowest BCUT2D eigenvalue weighted by atomic mass is 10.2. The Hall–Kier alpha value is -2.73. The van der Waals surface area contributed by atoms with Crippen LogP contribution in [0, 0.1) is 6.92 Å². The minimum Gasteiger partial charge on any atom is -0.495 e. The molecule has 1 aliphatic heterocycles. The first-order valence-corrected chi connectivity index (χ1v) is 8.03. The molecule has 0 fully saturated rings. The van der Waals surface area contributed by atoms with Crippen molar-refractivity contribution in [2.75, 3.05) is 30.5 Å². The summed E-state index contributed by atoms with van der Waals surface area (Å²) in [5.74, 6) is 0.422. The van der Waals surface area contributed by atoms with E-state index in [2.05, 4.69) is 5.32 Å². The van der Waals surface area contributed by atoms with Crippen LogP contribution in [0.2, 0.25) is 5.02 Å². The van der Waals surface area contributed by atoms with Gasteiger partial charge >= 0.3 is 0 Å². The number of hydrogen-bond acceptors (Lipinski definition) is 4. The van der Waals surface area contributed by atoms with Crippen LogP contribution < -0.4 is 19.7 Å². The molecule has 6 nitrogen and oxygen atoms in total. The zero-order valence-electron chi connectivity index (χ0n) is 13.8. The fraction of sp³-hybridized carbons (Fsp3) is 0.222. The van der Waals surface area contributed by atoms with E-state index in [9.17, 15) is 9.59 Å². The minimum absolute atomic E-state index is 0.0896. The van der Waals surface area contributed by atoms with Gasteiger partial charge in [0.2, 0.25) is 5.91 Å². The van der Waals surface area contributed by atoms with Crippen molar-refractivity contribution in [1.29, 1.82) is 0 Å². The van der Waals surface area contributed by atoms with E-state index in [0.29, 0.717) is 27.9 Å². The van der Waals surface area contributed by atoms with Crippen LogP contribution in [0.5, 0.6) is 11.5 Å². The van der Waals surface area contributed by atoms with Gasteiger partial charge < -0.3 is 14.8 Å². The van der Waals surface area contributed by atoms with Gasteiger partial charge in [-0.25, -0.2) is 0 Å². The first-order valence-electron chi connectivity index (χ1n) is 7.66. The molecule has 0 unspecified atom stereocenters. The van der Waals surface area contributed by atoms with Gasteiger partial charge in [-0.2, -0.15) is 0 Å². The quantitative estimate of drug-likeness (QED) is 0.910. The summed E-state index contributed by atoms with van der Waals surface area (Å²) in [6.07, 6.45) is 0. The van der Waals surface area contributed by atoms with E-state index in [1.54, 1.807) is 30.3 Å². The maximum Gasteiger partial charge on any atom is 0.265 e. The predicted molar refractivity (Wildman–Crippen MR) is 95.7 cm³/mol. The van der Waals surface area contributed by atoms with E-state index < -0.39 is 0 Å². The van der Waals surface area contributed by atoms with Crippen molar-refractivity contribution in [1.82, 2.24) is 0 Å². The number of nitrogens with zero attached hydrogens (tertiary/aromatic N) is 1. The molecule has 3 rings (SSSR count). The van der Waals surface area contributed by atoms with Crippen LogP contribution in [0.3, 0.4) is 0 Å². The van der Waals surface area contributed by atoms with Crippen LogP contribution in [0.15, 0.2) is 36.4 Å². The largest absolute Gasteiger partial charge is 0.495 e. The second kappa shape index (κ2) is 7.03. The van der Waals surface area contributed by atoms with E-state index in [4.69, 9.17) is 21.1 Å². The third kappa shape index (κ3) is 3.53. The average molecular weight is 361 g/mol. The smallest absolute Gasteiger partial charge is 0.265 e. The summed E-state index contributed by atoms with van der Waals surface area (Å²) in [6.45, 7) is 1.62. The fourth-order valence-corrected chi connectivity index (χ4v) is 2.74. The Labute approximate surface area is 150 Å². The van der Waals surface area contributed by atoms with Crippen molar-refractivity contribution < 1.29 is 19.1 Å². The molecule has 2 amide bonds. The summed E-state index contributed by atoms with van der Waals surface area (Å²) >= 11 is 6.07. The van der Waals surface area contributed by atoms with E-state index in [0.717, 1.165) is 5.56 Å². The summed E-state index contributed by atoms with van der Waals surface area (Å²) in [4.78, 5) is 26.0. The number of carbonyl (C=O) groups excluding carboxylic acids is 2. The lowest BCUT2D eigenvalue weighted by molar-refractivity contribution is -0.123. The molecule has 0 saturated carbocycles. The fourth-order valence-electron chi connectivity index (χ4n) is 2.59. The molecular formula is C18H17ClN2O4. The Morgan fingerprint density at radius 2 is 2.12 bits per heavy atom. The molecule has 0 bridgehead atoms. The predicted octanol–water partition coefficient (Wildman–Crippen LogP) is 3.02. The van der Waals surface area contributed by atoms with E-state index in [1.165, 1.54) is 12.0 Å². The molecule has 1 N–H and O–H groups in total. The van der Waals surface area contributed by atoms with Crippen LogP contribution in [-0.2, 0) is 9.59 Å². The van der Waals surface area contributed by atoms with Gasteiger partial charge in [0.25, 0.3) is 5.91 Å². The van der Waals surface area contributed by atoms with Crippen LogP contribution in [-0.4, -0.2) is 32.1 Å². The van der Waals surface area contributed by atoms with E-state index in [-0.39, 0.29) is 25.0 Å². The Balaban J connectivity index is 1.80. The van der Waals surface area contributed by atoms with Gasteiger partial charge in [0.15, 0.2) is 6.61 Å². The van der Waals surface area contributed by atoms with E-state index >= 15 is 0 Å². The third-order valence-electron chi connectivity index (χ3n) is 3.86. The monoisotopic (exact) mass is 360 g/mol. The molecule has 0 radical (unpaired) electrons. The Morgan fingerprint density at radius 3 is 2.88 bits per heavy atom. The molecule has 0 aromatic heterocycles. The zero-order valence-corrected chi connectivity index (χ0v) is 14.6. The summed E-state index contributed by atoms with van der Waals surface area (Å²) in [7, 11) is 1.50. The van der Waals surface area contributed by atoms with Crippen LogP contribution in [0.25, 0.3) is 0 Å². The molecule has 1 heterocycles. The lowest BCUT2D eigenvalue weighted by Gasteiger charge is -2.28. The maximum absolute atomic E-state index is 12.5. The maximum atomic E-state index is 12.5. The highest BCUT2D eigenvalue weighted by molar-refractivity contribution is 6.31. The zero-order chi connectivity index (χ0) is 18.0. The van der Waals surface area contributed by atoms with Gasteiger partial charge in [-0.15, -0.1) is 0 Å². The Kier molecular flexibility index (Phi) is 4.81. The van der Waals surface area contributed by atoms with Gasteiger partial charge in [0.05, 0.1) is 18.5 Å². The number of para-hydroxylation sites is 2. The highest BCUT2D eigenvalue weighted by atomic mass is 35.5. The number of nitrogens with one attached hydrogen (secondary N) is 1. The number of aryl methyl sites for hydroxylation is 1. The van der Waals surface area contributed by atoms with Crippen molar-refractivity contribution in [3.63, 3.8) is 0 Å². The van der Waals surface area contributed by atoms with Crippen LogP contribution in [0.1, 0.15) is 5.56 Å². The molecule has 130 valence electrons. The normalized spacial score (nSPS) is 13.1. The second-order valence-electron chi connectivity index (χ2n) is 5.59. The molecule has 0 atom stereocenters. The molecule has 0 saturated heterocycles. The number of benzene rings is 2. The van der Waals surface area contributed by atoms with Crippen LogP contribution >= 0.6 is 11.6 Å². The number of carbonyl (C=O) groups is 2. The number of anilines is 2. The van der Waals surface area contributed by atoms with Gasteiger partial charge in [0, 0.05) is 11.1 Å². The van der Waals surface area contributed by atoms with Gasteiger partial charge in [0.1, 0.15) is 18.0 Å². The van der Waals surface area contributed by atoms with Gasteiger partial charge in [-0.3, -0.25) is 14.5 Å². The van der Waals surface area contributed by atoms with Crippen molar-refractivity contribution in [3.8, 4) is 11.5 Å². The first-order chi connectivity index (χ1) is 12.0. The number of hydrogen-bond donors (Lipinski definition) is 1. The van der Waals surface area contributed by atoms with Gasteiger partial charge in [-0.05, 0) is 30.7 Å². The summed E-state index contributed by atoms with van der Waals surface area (Å²) < 4.78 is 10.6. The molecule has 1 aliphatic rings. The molecule has 0 spiro atoms. The average Bonchev–Trinajstić information content (AvgIpc) is 2.60. The molecule has 7 heteroatoms. The molecule has 2 aromatic carbocycles. The SMILES string of the molecule is COc1cc(Cl)c(C)cc1NC(=O)CN1C(=O)COc2ccccc21. The van der Waals surface area contributed by atoms with Crippen molar-refractivity contribution in [3.05, 3.63) is 47.0 Å². The Morgan fingerprint density at radius 1 is 1.36 bits per heavy atom.